The Hall–Kier alpha value is -1.72. The summed E-state index contributed by atoms with van der Waals surface area (Å²) in [5.41, 5.74) is -0.173. The van der Waals surface area contributed by atoms with Crippen LogP contribution in [0.25, 0.3) is 5.83 Å². The minimum absolute atomic E-state index is 0.0306. The van der Waals surface area contributed by atoms with E-state index in [1.165, 1.54) is 24.3 Å². The van der Waals surface area contributed by atoms with Crippen molar-refractivity contribution in [2.24, 2.45) is 0 Å². The average Bonchev–Trinajstić information content (AvgIpc) is 2.16. The molecule has 0 aliphatic carbocycles. The van der Waals surface area contributed by atoms with Gasteiger partial charge in [0.2, 0.25) is 0 Å². The highest BCUT2D eigenvalue weighted by Gasteiger charge is 2.41. The van der Waals surface area contributed by atoms with E-state index in [1.807, 2.05) is 0 Å². The largest absolute Gasteiger partial charge is 0.437 e. The molecule has 6 heteroatoms. The topological polar surface area (TPSA) is 21.3 Å². The first-order valence-corrected chi connectivity index (χ1v) is 3.99. The fourth-order valence-electron chi connectivity index (χ4n) is 1.20. The lowest BCUT2D eigenvalue weighted by Gasteiger charge is -2.21. The highest BCUT2D eigenvalue weighted by molar-refractivity contribution is 5.69. The second kappa shape index (κ2) is 3.15. The van der Waals surface area contributed by atoms with Gasteiger partial charge in [0.05, 0.1) is 5.56 Å². The van der Waals surface area contributed by atoms with E-state index in [2.05, 4.69) is 4.84 Å². The van der Waals surface area contributed by atoms with Crippen molar-refractivity contribution in [3.63, 3.8) is 0 Å². The van der Waals surface area contributed by atoms with E-state index >= 15 is 0 Å². The van der Waals surface area contributed by atoms with E-state index in [4.69, 9.17) is 0 Å². The van der Waals surface area contributed by atoms with Gasteiger partial charge in [-0.05, 0) is 12.1 Å². The van der Waals surface area contributed by atoms with Gasteiger partial charge in [0.1, 0.15) is 0 Å². The van der Waals surface area contributed by atoms with Crippen molar-refractivity contribution in [3.05, 3.63) is 35.5 Å². The summed E-state index contributed by atoms with van der Waals surface area (Å²) in [4.78, 5) is 4.57. The van der Waals surface area contributed by atoms with Gasteiger partial charge in [-0.15, -0.1) is 0 Å². The molecule has 1 aliphatic heterocycles. The first kappa shape index (κ1) is 9.82. The normalized spacial score (nSPS) is 15.5. The van der Waals surface area contributed by atoms with Gasteiger partial charge in [0.15, 0.2) is 17.3 Å². The smallest absolute Gasteiger partial charge is 0.381 e. The van der Waals surface area contributed by atoms with Crippen molar-refractivity contribution >= 4 is 5.83 Å². The maximum atomic E-state index is 13.4. The van der Waals surface area contributed by atoms with Crippen LogP contribution in [0.3, 0.4) is 0 Å². The zero-order chi connectivity index (χ0) is 11.1. The SMILES string of the molecule is FC1=C(C(F)(F)F)NOc2ccccc21. The average molecular weight is 219 g/mol. The van der Waals surface area contributed by atoms with Gasteiger partial charge in [-0.3, -0.25) is 0 Å². The number of allylic oxidation sites excluding steroid dienone is 1. The zero-order valence-corrected chi connectivity index (χ0v) is 7.23. The van der Waals surface area contributed by atoms with E-state index in [-0.39, 0.29) is 11.3 Å². The van der Waals surface area contributed by atoms with Crippen LogP contribution in [0.4, 0.5) is 17.6 Å². The number of hydrogen-bond acceptors (Lipinski definition) is 2. The van der Waals surface area contributed by atoms with Gasteiger partial charge in [-0.2, -0.15) is 13.2 Å². The van der Waals surface area contributed by atoms with Gasteiger partial charge >= 0.3 is 6.18 Å². The van der Waals surface area contributed by atoms with Crippen LogP contribution < -0.4 is 10.3 Å². The number of benzene rings is 1. The Bertz CT molecular complexity index is 424. The number of hydrogen-bond donors (Lipinski definition) is 1. The summed E-state index contributed by atoms with van der Waals surface area (Å²) in [6.07, 6.45) is -4.79. The van der Waals surface area contributed by atoms with Crippen molar-refractivity contribution in [2.45, 2.75) is 6.18 Å². The first-order valence-electron chi connectivity index (χ1n) is 3.99. The third kappa shape index (κ3) is 1.62. The number of para-hydroxylation sites is 1. The number of alkyl halides is 3. The summed E-state index contributed by atoms with van der Waals surface area (Å²) in [6.45, 7) is 0. The second-order valence-corrected chi connectivity index (χ2v) is 2.89. The lowest BCUT2D eigenvalue weighted by molar-refractivity contribution is -0.107. The Kier molecular flexibility index (Phi) is 2.06. The fraction of sp³-hybridized carbons (Fsp3) is 0.111. The summed E-state index contributed by atoms with van der Waals surface area (Å²) in [6, 6.07) is 5.56. The Morgan fingerprint density at radius 1 is 1.13 bits per heavy atom. The Balaban J connectivity index is 2.54. The molecule has 1 aliphatic rings. The number of halogens is 4. The molecule has 1 N–H and O–H groups in total. The molecule has 0 unspecified atom stereocenters. The number of nitrogens with one attached hydrogen (secondary N) is 1. The molecular weight excluding hydrogens is 214 g/mol. The molecular formula is C9H5F4NO. The molecule has 0 bridgehead atoms. The summed E-state index contributed by atoms with van der Waals surface area (Å²) in [5.74, 6) is -1.33. The van der Waals surface area contributed by atoms with Gasteiger partial charge < -0.3 is 4.84 Å². The van der Waals surface area contributed by atoms with Crippen molar-refractivity contribution in [1.29, 1.82) is 0 Å². The Morgan fingerprint density at radius 3 is 2.47 bits per heavy atom. The van der Waals surface area contributed by atoms with Crippen LogP contribution in [0.15, 0.2) is 30.0 Å². The zero-order valence-electron chi connectivity index (χ0n) is 7.23. The van der Waals surface area contributed by atoms with Gasteiger partial charge in [-0.25, -0.2) is 9.87 Å². The Labute approximate surface area is 82.1 Å². The highest BCUT2D eigenvalue weighted by atomic mass is 19.4. The van der Waals surface area contributed by atoms with Crippen LogP contribution in [0.2, 0.25) is 0 Å². The number of hydroxylamine groups is 1. The quantitative estimate of drug-likeness (QED) is 0.677. The molecule has 80 valence electrons. The maximum absolute atomic E-state index is 13.4. The molecule has 0 radical (unpaired) electrons. The lowest BCUT2D eigenvalue weighted by atomic mass is 10.1. The molecule has 0 atom stereocenters. The van der Waals surface area contributed by atoms with Crippen LogP contribution in [0.5, 0.6) is 5.75 Å². The van der Waals surface area contributed by atoms with Crippen LogP contribution in [0, 0.1) is 0 Å². The standard InChI is InChI=1S/C9H5F4NO/c10-7-5-3-1-2-4-6(5)15-14-8(7)9(11,12)13/h1-4,14H. The molecule has 0 amide bonds. The van der Waals surface area contributed by atoms with E-state index < -0.39 is 17.7 Å². The summed E-state index contributed by atoms with van der Waals surface area (Å²) in [5, 5.41) is 0. The van der Waals surface area contributed by atoms with Crippen molar-refractivity contribution in [1.82, 2.24) is 5.48 Å². The minimum atomic E-state index is -4.79. The van der Waals surface area contributed by atoms with Gasteiger partial charge in [0.25, 0.3) is 0 Å². The summed E-state index contributed by atoms with van der Waals surface area (Å²) >= 11 is 0. The molecule has 15 heavy (non-hydrogen) atoms. The molecule has 2 nitrogen and oxygen atoms in total. The predicted octanol–water partition coefficient (Wildman–Crippen LogP) is 2.78. The van der Waals surface area contributed by atoms with Crippen LogP contribution in [-0.2, 0) is 0 Å². The summed E-state index contributed by atoms with van der Waals surface area (Å²) in [7, 11) is 0. The summed E-state index contributed by atoms with van der Waals surface area (Å²) < 4.78 is 50.1. The molecule has 1 heterocycles. The Morgan fingerprint density at radius 2 is 1.80 bits per heavy atom. The third-order valence-corrected chi connectivity index (χ3v) is 1.89. The van der Waals surface area contributed by atoms with Gasteiger partial charge in [0, 0.05) is 0 Å². The molecule has 0 aromatic heterocycles. The van der Waals surface area contributed by atoms with Crippen LogP contribution in [-0.4, -0.2) is 6.18 Å². The van der Waals surface area contributed by atoms with E-state index in [9.17, 15) is 17.6 Å². The van der Waals surface area contributed by atoms with E-state index in [1.54, 1.807) is 5.48 Å². The molecule has 0 saturated heterocycles. The monoisotopic (exact) mass is 219 g/mol. The molecule has 0 spiro atoms. The molecule has 0 saturated carbocycles. The van der Waals surface area contributed by atoms with E-state index in [0.29, 0.717) is 0 Å². The first-order chi connectivity index (χ1) is 7.00. The van der Waals surface area contributed by atoms with Gasteiger partial charge in [-0.1, -0.05) is 12.1 Å². The fourth-order valence-corrected chi connectivity index (χ4v) is 1.20. The second-order valence-electron chi connectivity index (χ2n) is 2.89. The van der Waals surface area contributed by atoms with Crippen molar-refractivity contribution in [3.8, 4) is 5.75 Å². The van der Waals surface area contributed by atoms with E-state index in [0.717, 1.165) is 0 Å². The maximum Gasteiger partial charge on any atom is 0.437 e. The molecule has 2 rings (SSSR count). The molecule has 0 fully saturated rings. The van der Waals surface area contributed by atoms with Crippen molar-refractivity contribution in [2.75, 3.05) is 0 Å². The number of rotatable bonds is 0. The minimum Gasteiger partial charge on any atom is -0.381 e. The third-order valence-electron chi connectivity index (χ3n) is 1.89. The highest BCUT2D eigenvalue weighted by Crippen LogP contribution is 2.37. The number of fused-ring (bicyclic) bond motifs is 1. The predicted molar refractivity (Wildman–Crippen MR) is 44.3 cm³/mol. The molecule has 1 aromatic rings. The van der Waals surface area contributed by atoms with Crippen LogP contribution in [0.1, 0.15) is 5.56 Å². The lowest BCUT2D eigenvalue weighted by Crippen LogP contribution is -2.32. The van der Waals surface area contributed by atoms with Crippen molar-refractivity contribution < 1.29 is 22.4 Å². The van der Waals surface area contributed by atoms with Crippen LogP contribution >= 0.6 is 0 Å². The molecule has 1 aromatic carbocycles.